The quantitative estimate of drug-likeness (QED) is 0.916. The molecule has 2 heterocycles. The molecule has 1 unspecified atom stereocenters. The van der Waals surface area contributed by atoms with Crippen LogP contribution in [0.1, 0.15) is 25.6 Å². The number of anilines is 2. The summed E-state index contributed by atoms with van der Waals surface area (Å²) in [7, 11) is 0. The lowest BCUT2D eigenvalue weighted by molar-refractivity contribution is 0.375. The number of nitrogens with zero attached hydrogens (tertiary/aromatic N) is 3. The van der Waals surface area contributed by atoms with E-state index in [0.717, 1.165) is 18.8 Å². The summed E-state index contributed by atoms with van der Waals surface area (Å²) in [5.41, 5.74) is 2.36. The van der Waals surface area contributed by atoms with Gasteiger partial charge in [0.15, 0.2) is 5.82 Å². The number of aromatic nitrogens is 2. The molecule has 0 spiro atoms. The van der Waals surface area contributed by atoms with Crippen molar-refractivity contribution >= 4 is 11.4 Å². The number of fused-ring (bicyclic) bond motifs is 1. The molecule has 1 aliphatic heterocycles. The van der Waals surface area contributed by atoms with Gasteiger partial charge >= 0.3 is 0 Å². The van der Waals surface area contributed by atoms with E-state index < -0.39 is 0 Å². The summed E-state index contributed by atoms with van der Waals surface area (Å²) < 4.78 is 5.18. The molecule has 0 saturated heterocycles. The van der Waals surface area contributed by atoms with Gasteiger partial charge in [0.25, 0.3) is 0 Å². The molecule has 0 bridgehead atoms. The first-order valence-corrected chi connectivity index (χ1v) is 6.69. The first-order valence-electron chi connectivity index (χ1n) is 6.69. The molecule has 1 aromatic heterocycles. The normalized spacial score (nSPS) is 18.0. The Morgan fingerprint density at radius 3 is 3.05 bits per heavy atom. The van der Waals surface area contributed by atoms with Crippen LogP contribution in [-0.4, -0.2) is 22.7 Å². The van der Waals surface area contributed by atoms with Crippen molar-refractivity contribution in [2.75, 3.05) is 16.8 Å². The van der Waals surface area contributed by atoms with Gasteiger partial charge in [-0.25, -0.2) is 0 Å². The van der Waals surface area contributed by atoms with Crippen molar-refractivity contribution in [2.24, 2.45) is 0 Å². The number of hydrogen-bond acceptors (Lipinski definition) is 5. The first-order chi connectivity index (χ1) is 9.28. The maximum absolute atomic E-state index is 5.18. The Hall–Kier alpha value is -2.04. The summed E-state index contributed by atoms with van der Waals surface area (Å²) in [6.45, 7) is 5.82. The van der Waals surface area contributed by atoms with E-state index in [1.165, 1.54) is 11.4 Å². The van der Waals surface area contributed by atoms with Crippen molar-refractivity contribution in [1.29, 1.82) is 0 Å². The Balaban J connectivity index is 1.87. The molecule has 1 atom stereocenters. The minimum Gasteiger partial charge on any atom is -0.381 e. The van der Waals surface area contributed by atoms with Gasteiger partial charge < -0.3 is 14.7 Å². The average Bonchev–Trinajstić information content (AvgIpc) is 2.90. The third kappa shape index (κ3) is 2.28. The number of benzene rings is 1. The number of aryl methyl sites for hydroxylation is 1. The molecule has 2 aromatic rings. The van der Waals surface area contributed by atoms with Gasteiger partial charge in [0.1, 0.15) is 0 Å². The number of hydrogen-bond donors (Lipinski definition) is 1. The zero-order chi connectivity index (χ0) is 13.2. The standard InChI is InChI=1S/C14H18N4O/c1-3-14-16-13(17-19-14)9-18-10(2)8-15-11-6-4-5-7-12(11)18/h4-7,10,15H,3,8-9H2,1-2H3. The van der Waals surface area contributed by atoms with E-state index in [4.69, 9.17) is 4.52 Å². The van der Waals surface area contributed by atoms with Gasteiger partial charge in [-0.05, 0) is 19.1 Å². The predicted molar refractivity (Wildman–Crippen MR) is 74.3 cm³/mol. The fraction of sp³-hybridized carbons (Fsp3) is 0.429. The van der Waals surface area contributed by atoms with E-state index in [1.807, 2.05) is 13.0 Å². The summed E-state index contributed by atoms with van der Waals surface area (Å²) in [5.74, 6) is 1.45. The second kappa shape index (κ2) is 4.91. The minimum atomic E-state index is 0.401. The highest BCUT2D eigenvalue weighted by molar-refractivity contribution is 5.72. The van der Waals surface area contributed by atoms with Crippen LogP contribution >= 0.6 is 0 Å². The van der Waals surface area contributed by atoms with Gasteiger partial charge in [-0.1, -0.05) is 24.2 Å². The molecule has 0 fully saturated rings. The van der Waals surface area contributed by atoms with E-state index in [9.17, 15) is 0 Å². The monoisotopic (exact) mass is 258 g/mol. The van der Waals surface area contributed by atoms with Gasteiger partial charge in [0, 0.05) is 19.0 Å². The highest BCUT2D eigenvalue weighted by atomic mass is 16.5. The van der Waals surface area contributed by atoms with Crippen LogP contribution in [0.3, 0.4) is 0 Å². The molecule has 0 radical (unpaired) electrons. The van der Waals surface area contributed by atoms with Gasteiger partial charge in [0.2, 0.25) is 5.89 Å². The summed E-state index contributed by atoms with van der Waals surface area (Å²) >= 11 is 0. The Morgan fingerprint density at radius 1 is 1.42 bits per heavy atom. The third-order valence-corrected chi connectivity index (χ3v) is 3.46. The zero-order valence-electron chi connectivity index (χ0n) is 11.3. The van der Waals surface area contributed by atoms with Crippen LogP contribution in [0.5, 0.6) is 0 Å². The van der Waals surface area contributed by atoms with E-state index in [1.54, 1.807) is 0 Å². The van der Waals surface area contributed by atoms with Crippen LogP contribution in [0.25, 0.3) is 0 Å². The SMILES string of the molecule is CCc1nc(CN2c3ccccc3NCC2C)no1. The molecule has 1 aromatic carbocycles. The van der Waals surface area contributed by atoms with Crippen molar-refractivity contribution in [1.82, 2.24) is 10.1 Å². The maximum atomic E-state index is 5.18. The van der Waals surface area contributed by atoms with Crippen LogP contribution in [0.15, 0.2) is 28.8 Å². The van der Waals surface area contributed by atoms with Crippen molar-refractivity contribution in [3.8, 4) is 0 Å². The van der Waals surface area contributed by atoms with E-state index in [-0.39, 0.29) is 0 Å². The smallest absolute Gasteiger partial charge is 0.226 e. The Labute approximate surface area is 112 Å². The topological polar surface area (TPSA) is 54.2 Å². The molecule has 19 heavy (non-hydrogen) atoms. The fourth-order valence-electron chi connectivity index (χ4n) is 2.37. The largest absolute Gasteiger partial charge is 0.381 e. The van der Waals surface area contributed by atoms with Crippen molar-refractivity contribution in [2.45, 2.75) is 32.9 Å². The van der Waals surface area contributed by atoms with Gasteiger partial charge in [-0.3, -0.25) is 0 Å². The van der Waals surface area contributed by atoms with Crippen molar-refractivity contribution in [3.63, 3.8) is 0 Å². The zero-order valence-corrected chi connectivity index (χ0v) is 11.3. The molecule has 0 saturated carbocycles. The molecule has 5 heteroatoms. The summed E-state index contributed by atoms with van der Waals surface area (Å²) in [5, 5.41) is 7.48. The fourth-order valence-corrected chi connectivity index (χ4v) is 2.37. The molecule has 1 aliphatic rings. The number of nitrogens with one attached hydrogen (secondary N) is 1. The van der Waals surface area contributed by atoms with E-state index in [0.29, 0.717) is 18.5 Å². The summed E-state index contributed by atoms with van der Waals surface area (Å²) in [6.07, 6.45) is 0.778. The molecule has 0 aliphatic carbocycles. The van der Waals surface area contributed by atoms with Crippen molar-refractivity contribution in [3.05, 3.63) is 36.0 Å². The average molecular weight is 258 g/mol. The maximum Gasteiger partial charge on any atom is 0.226 e. The van der Waals surface area contributed by atoms with Crippen molar-refractivity contribution < 1.29 is 4.52 Å². The lowest BCUT2D eigenvalue weighted by Gasteiger charge is -2.36. The van der Waals surface area contributed by atoms with Gasteiger partial charge in [-0.15, -0.1) is 0 Å². The molecular weight excluding hydrogens is 240 g/mol. The number of para-hydroxylation sites is 2. The first kappa shape index (κ1) is 12.0. The van der Waals surface area contributed by atoms with Crippen LogP contribution in [0.4, 0.5) is 11.4 Å². The van der Waals surface area contributed by atoms with Gasteiger partial charge in [-0.2, -0.15) is 4.98 Å². The Kier molecular flexibility index (Phi) is 3.11. The van der Waals surface area contributed by atoms with Gasteiger partial charge in [0.05, 0.1) is 17.9 Å². The van der Waals surface area contributed by atoms with Crippen LogP contribution < -0.4 is 10.2 Å². The summed E-state index contributed by atoms with van der Waals surface area (Å²) in [6, 6.07) is 8.72. The minimum absolute atomic E-state index is 0.401. The number of rotatable bonds is 3. The molecule has 100 valence electrons. The van der Waals surface area contributed by atoms with E-state index >= 15 is 0 Å². The highest BCUT2D eigenvalue weighted by Crippen LogP contribution is 2.31. The third-order valence-electron chi connectivity index (χ3n) is 3.46. The molecule has 5 nitrogen and oxygen atoms in total. The second-order valence-electron chi connectivity index (χ2n) is 4.83. The Bertz CT molecular complexity index is 566. The predicted octanol–water partition coefficient (Wildman–Crippen LogP) is 2.45. The molecular formula is C14H18N4O. The van der Waals surface area contributed by atoms with E-state index in [2.05, 4.69) is 45.5 Å². The highest BCUT2D eigenvalue weighted by Gasteiger charge is 2.23. The second-order valence-corrected chi connectivity index (χ2v) is 4.83. The molecule has 3 rings (SSSR count). The van der Waals surface area contributed by atoms with Crippen LogP contribution in [-0.2, 0) is 13.0 Å². The van der Waals surface area contributed by atoms with Crippen LogP contribution in [0.2, 0.25) is 0 Å². The summed E-state index contributed by atoms with van der Waals surface area (Å²) in [4.78, 5) is 6.71. The lowest BCUT2D eigenvalue weighted by atomic mass is 10.1. The van der Waals surface area contributed by atoms with Crippen LogP contribution in [0, 0.1) is 0 Å². The molecule has 0 amide bonds. The Morgan fingerprint density at radius 2 is 2.26 bits per heavy atom. The lowest BCUT2D eigenvalue weighted by Crippen LogP contribution is -2.41. The molecule has 1 N–H and O–H groups in total.